The van der Waals surface area contributed by atoms with Crippen LogP contribution in [0.15, 0.2) is 24.5 Å². The molecular formula is C14H11F4N3O2. The van der Waals surface area contributed by atoms with Crippen LogP contribution >= 0.6 is 0 Å². The summed E-state index contributed by atoms with van der Waals surface area (Å²) in [6.07, 6.45) is 2.80. The molecular weight excluding hydrogens is 318 g/mol. The van der Waals surface area contributed by atoms with Gasteiger partial charge in [-0.1, -0.05) is 0 Å². The Kier molecular flexibility index (Phi) is 4.39. The van der Waals surface area contributed by atoms with E-state index in [0.717, 1.165) is 4.57 Å². The quantitative estimate of drug-likeness (QED) is 0.514. The van der Waals surface area contributed by atoms with Crippen molar-refractivity contribution in [3.63, 3.8) is 0 Å². The molecule has 9 heteroatoms. The number of halogens is 4. The number of nitrogens with one attached hydrogen (secondary N) is 1. The highest BCUT2D eigenvalue weighted by molar-refractivity contribution is 5.98. The van der Waals surface area contributed by atoms with Crippen molar-refractivity contribution in [3.05, 3.63) is 53.4 Å². The van der Waals surface area contributed by atoms with Crippen LogP contribution in [-0.2, 0) is 0 Å². The fraction of sp³-hybridized carbons (Fsp3) is 0.143. The molecule has 1 aromatic heterocycles. The smallest absolute Gasteiger partial charge is 0.258 e. The highest BCUT2D eigenvalue weighted by Crippen LogP contribution is 2.25. The summed E-state index contributed by atoms with van der Waals surface area (Å²) in [7, 11) is 0. The van der Waals surface area contributed by atoms with Crippen molar-refractivity contribution in [1.29, 1.82) is 0 Å². The van der Waals surface area contributed by atoms with Gasteiger partial charge in [0.25, 0.3) is 11.8 Å². The summed E-state index contributed by atoms with van der Waals surface area (Å²) in [6.45, 7) is 1.25. The van der Waals surface area contributed by atoms with Crippen LogP contribution in [0.5, 0.6) is 0 Å². The Morgan fingerprint density at radius 1 is 1.04 bits per heavy atom. The monoisotopic (exact) mass is 329 g/mol. The third-order valence-corrected chi connectivity index (χ3v) is 3.10. The van der Waals surface area contributed by atoms with E-state index in [1.54, 1.807) is 12.1 Å². The standard InChI is InChI=1S/C14H11F4N3O2/c1-6(14(23)21-4-2-3-5-21)20-13(22)7-8(15)10(17)12(19)11(18)9(7)16/h2-6H,19H2,1H3,(H,20,22). The SMILES string of the molecule is CC(NC(=O)c1c(F)c(F)c(N)c(F)c1F)C(=O)n1cccc1. The van der Waals surface area contributed by atoms with Crippen LogP contribution in [0.1, 0.15) is 22.1 Å². The minimum Gasteiger partial charge on any atom is -0.394 e. The largest absolute Gasteiger partial charge is 0.394 e. The number of hydrogen-bond donors (Lipinski definition) is 2. The fourth-order valence-electron chi connectivity index (χ4n) is 1.88. The zero-order valence-corrected chi connectivity index (χ0v) is 11.7. The predicted octanol–water partition coefficient (Wildman–Crippen LogP) is 2.09. The summed E-state index contributed by atoms with van der Waals surface area (Å²) in [5.41, 5.74) is 1.99. The molecule has 5 nitrogen and oxygen atoms in total. The van der Waals surface area contributed by atoms with Crippen molar-refractivity contribution in [1.82, 2.24) is 9.88 Å². The molecule has 0 bridgehead atoms. The zero-order chi connectivity index (χ0) is 17.3. The number of nitrogen functional groups attached to an aromatic ring is 1. The number of aromatic nitrogens is 1. The van der Waals surface area contributed by atoms with Crippen LogP contribution in [0, 0.1) is 23.3 Å². The van der Waals surface area contributed by atoms with Gasteiger partial charge in [0.05, 0.1) is 0 Å². The third-order valence-electron chi connectivity index (χ3n) is 3.10. The topological polar surface area (TPSA) is 77.1 Å². The number of nitrogens with two attached hydrogens (primary N) is 1. The first kappa shape index (κ1) is 16.5. The minimum atomic E-state index is -1.93. The molecule has 23 heavy (non-hydrogen) atoms. The van der Waals surface area contributed by atoms with Crippen LogP contribution in [0.3, 0.4) is 0 Å². The van der Waals surface area contributed by atoms with Crippen LogP contribution in [-0.4, -0.2) is 22.4 Å². The summed E-state index contributed by atoms with van der Waals surface area (Å²) in [6, 6.07) is 1.91. The van der Waals surface area contributed by atoms with E-state index in [1.165, 1.54) is 19.3 Å². The van der Waals surface area contributed by atoms with Crippen molar-refractivity contribution in [2.75, 3.05) is 5.73 Å². The lowest BCUT2D eigenvalue weighted by atomic mass is 10.1. The van der Waals surface area contributed by atoms with Crippen molar-refractivity contribution >= 4 is 17.5 Å². The van der Waals surface area contributed by atoms with Gasteiger partial charge >= 0.3 is 0 Å². The second-order valence-electron chi connectivity index (χ2n) is 4.67. The van der Waals surface area contributed by atoms with Crippen molar-refractivity contribution in [3.8, 4) is 0 Å². The molecule has 2 rings (SSSR count). The van der Waals surface area contributed by atoms with Crippen LogP contribution in [0.2, 0.25) is 0 Å². The van der Waals surface area contributed by atoms with Crippen LogP contribution in [0.25, 0.3) is 0 Å². The van der Waals surface area contributed by atoms with Gasteiger partial charge in [0.2, 0.25) is 0 Å². The molecule has 122 valence electrons. The first-order chi connectivity index (χ1) is 10.8. The fourth-order valence-corrected chi connectivity index (χ4v) is 1.88. The Labute approximate surface area is 127 Å². The van der Waals surface area contributed by atoms with Gasteiger partial charge in [-0.05, 0) is 19.1 Å². The molecule has 0 spiro atoms. The van der Waals surface area contributed by atoms with E-state index < -0.39 is 52.4 Å². The van der Waals surface area contributed by atoms with Crippen LogP contribution < -0.4 is 11.1 Å². The molecule has 1 heterocycles. The van der Waals surface area contributed by atoms with Crippen molar-refractivity contribution in [2.24, 2.45) is 0 Å². The molecule has 1 unspecified atom stereocenters. The molecule has 0 saturated heterocycles. The second-order valence-corrected chi connectivity index (χ2v) is 4.67. The molecule has 0 saturated carbocycles. The van der Waals surface area contributed by atoms with Gasteiger partial charge in [-0.25, -0.2) is 17.6 Å². The molecule has 0 radical (unpaired) electrons. The average molecular weight is 329 g/mol. The minimum absolute atomic E-state index is 0.611. The van der Waals surface area contributed by atoms with Gasteiger partial charge in [0, 0.05) is 12.4 Å². The summed E-state index contributed by atoms with van der Waals surface area (Å²) in [5.74, 6) is -9.71. The van der Waals surface area contributed by atoms with E-state index in [1.807, 2.05) is 5.32 Å². The average Bonchev–Trinajstić information content (AvgIpc) is 3.04. The van der Waals surface area contributed by atoms with E-state index in [0.29, 0.717) is 0 Å². The zero-order valence-electron chi connectivity index (χ0n) is 11.7. The van der Waals surface area contributed by atoms with E-state index in [9.17, 15) is 27.2 Å². The number of rotatable bonds is 3. The molecule has 2 aromatic rings. The number of anilines is 1. The van der Waals surface area contributed by atoms with E-state index in [-0.39, 0.29) is 0 Å². The van der Waals surface area contributed by atoms with Gasteiger partial charge in [-0.15, -0.1) is 0 Å². The predicted molar refractivity (Wildman–Crippen MR) is 72.7 cm³/mol. The van der Waals surface area contributed by atoms with Crippen LogP contribution in [0.4, 0.5) is 23.2 Å². The number of hydrogen-bond acceptors (Lipinski definition) is 3. The van der Waals surface area contributed by atoms with Gasteiger partial charge < -0.3 is 11.1 Å². The number of benzene rings is 1. The highest BCUT2D eigenvalue weighted by Gasteiger charge is 2.29. The second kappa shape index (κ2) is 6.11. The molecule has 0 aliphatic rings. The Morgan fingerprint density at radius 3 is 2.00 bits per heavy atom. The Morgan fingerprint density at radius 2 is 1.52 bits per heavy atom. The van der Waals surface area contributed by atoms with Gasteiger partial charge in [-0.2, -0.15) is 0 Å². The first-order valence-corrected chi connectivity index (χ1v) is 6.35. The molecule has 0 aliphatic heterocycles. The summed E-state index contributed by atoms with van der Waals surface area (Å²) in [4.78, 5) is 23.8. The Bertz CT molecular complexity index is 746. The maximum absolute atomic E-state index is 13.7. The Hall–Kier alpha value is -2.84. The molecule has 0 aliphatic carbocycles. The normalized spacial score (nSPS) is 12.0. The number of amides is 1. The highest BCUT2D eigenvalue weighted by atomic mass is 19.2. The number of carbonyl (C=O) groups excluding carboxylic acids is 2. The van der Waals surface area contributed by atoms with E-state index >= 15 is 0 Å². The first-order valence-electron chi connectivity index (χ1n) is 6.35. The molecule has 0 fully saturated rings. The Balaban J connectivity index is 2.30. The van der Waals surface area contributed by atoms with Crippen molar-refractivity contribution in [2.45, 2.75) is 13.0 Å². The number of nitrogens with zero attached hydrogens (tertiary/aromatic N) is 1. The molecule has 1 amide bonds. The lowest BCUT2D eigenvalue weighted by Crippen LogP contribution is -2.41. The van der Waals surface area contributed by atoms with Gasteiger partial charge in [0.1, 0.15) is 17.3 Å². The van der Waals surface area contributed by atoms with E-state index in [2.05, 4.69) is 0 Å². The lowest BCUT2D eigenvalue weighted by molar-refractivity contribution is 0.0810. The number of carbonyl (C=O) groups is 2. The molecule has 3 N–H and O–H groups in total. The summed E-state index contributed by atoms with van der Waals surface area (Å²) < 4.78 is 55.2. The maximum atomic E-state index is 13.7. The molecule has 1 atom stereocenters. The van der Waals surface area contributed by atoms with Crippen molar-refractivity contribution < 1.29 is 27.2 Å². The lowest BCUT2D eigenvalue weighted by Gasteiger charge is -2.15. The third kappa shape index (κ3) is 2.89. The molecule has 1 aromatic carbocycles. The van der Waals surface area contributed by atoms with Gasteiger partial charge in [0.15, 0.2) is 23.3 Å². The summed E-state index contributed by atoms with van der Waals surface area (Å²) in [5, 5.41) is 1.98. The maximum Gasteiger partial charge on any atom is 0.258 e. The van der Waals surface area contributed by atoms with Gasteiger partial charge in [-0.3, -0.25) is 14.2 Å². The summed E-state index contributed by atoms with van der Waals surface area (Å²) >= 11 is 0. The van der Waals surface area contributed by atoms with E-state index in [4.69, 9.17) is 5.73 Å².